The predicted octanol–water partition coefficient (Wildman–Crippen LogP) is 2.65. The summed E-state index contributed by atoms with van der Waals surface area (Å²) in [6.45, 7) is 1.71. The molecular formula is C11H15F3O4S. The molecule has 19 heavy (non-hydrogen) atoms. The van der Waals surface area contributed by atoms with Crippen molar-refractivity contribution in [1.29, 1.82) is 0 Å². The molecule has 0 aliphatic carbocycles. The van der Waals surface area contributed by atoms with E-state index in [1.54, 1.807) is 6.92 Å². The van der Waals surface area contributed by atoms with E-state index in [-0.39, 0.29) is 0 Å². The molecule has 0 aliphatic heterocycles. The number of hydrogen-bond acceptors (Lipinski definition) is 3. The number of rotatable bonds is 2. The normalized spacial score (nSPS) is 13.4. The lowest BCUT2D eigenvalue weighted by molar-refractivity contribution is -0.137. The number of benzene rings is 1. The van der Waals surface area contributed by atoms with Gasteiger partial charge in [-0.1, -0.05) is 19.1 Å². The number of aliphatic hydroxyl groups is 1. The van der Waals surface area contributed by atoms with Crippen LogP contribution in [0, 0.1) is 0 Å². The Bertz CT molecular complexity index is 489. The van der Waals surface area contributed by atoms with E-state index < -0.39 is 28.0 Å². The van der Waals surface area contributed by atoms with Gasteiger partial charge in [-0.15, -0.1) is 0 Å². The zero-order valence-electron chi connectivity index (χ0n) is 10.3. The fourth-order valence-corrected chi connectivity index (χ4v) is 1.16. The van der Waals surface area contributed by atoms with Crippen LogP contribution in [0.4, 0.5) is 13.2 Å². The van der Waals surface area contributed by atoms with E-state index in [0.717, 1.165) is 12.1 Å². The average Bonchev–Trinajstić information content (AvgIpc) is 2.25. The molecule has 0 aromatic heterocycles. The molecule has 0 bridgehead atoms. The van der Waals surface area contributed by atoms with Crippen LogP contribution in [0.25, 0.3) is 0 Å². The monoisotopic (exact) mass is 300 g/mol. The fraction of sp³-hybridized carbons (Fsp3) is 0.455. The van der Waals surface area contributed by atoms with Gasteiger partial charge in [-0.3, -0.25) is 4.55 Å². The van der Waals surface area contributed by atoms with E-state index in [1.165, 1.54) is 12.1 Å². The van der Waals surface area contributed by atoms with Gasteiger partial charge in [0.1, 0.15) is 0 Å². The molecular weight excluding hydrogens is 285 g/mol. The molecule has 0 amide bonds. The summed E-state index contributed by atoms with van der Waals surface area (Å²) in [5, 5.41) is 9.35. The molecule has 1 rings (SSSR count). The van der Waals surface area contributed by atoms with Gasteiger partial charge in [-0.25, -0.2) is 0 Å². The molecule has 1 atom stereocenters. The lowest BCUT2D eigenvalue weighted by Crippen LogP contribution is -2.06. The van der Waals surface area contributed by atoms with Crippen molar-refractivity contribution >= 4 is 10.1 Å². The van der Waals surface area contributed by atoms with Crippen molar-refractivity contribution in [3.8, 4) is 0 Å². The van der Waals surface area contributed by atoms with E-state index in [2.05, 4.69) is 0 Å². The third kappa shape index (κ3) is 8.57. The van der Waals surface area contributed by atoms with Gasteiger partial charge in [0.15, 0.2) is 0 Å². The zero-order chi connectivity index (χ0) is 15.3. The summed E-state index contributed by atoms with van der Waals surface area (Å²) in [7, 11) is -3.67. The number of aliphatic hydroxyl groups excluding tert-OH is 1. The molecule has 0 aliphatic rings. The van der Waals surface area contributed by atoms with Crippen LogP contribution in [-0.4, -0.2) is 24.3 Å². The molecule has 1 aromatic rings. The first kappa shape index (κ1) is 17.9. The van der Waals surface area contributed by atoms with Gasteiger partial charge in [0.05, 0.1) is 17.9 Å². The molecule has 110 valence electrons. The van der Waals surface area contributed by atoms with E-state index in [9.17, 15) is 26.7 Å². The third-order valence-electron chi connectivity index (χ3n) is 1.99. The zero-order valence-corrected chi connectivity index (χ0v) is 11.2. The minimum atomic E-state index is -4.34. The second-order valence-corrected chi connectivity index (χ2v) is 5.25. The predicted molar refractivity (Wildman–Crippen MR) is 64.2 cm³/mol. The molecule has 0 saturated carbocycles. The molecule has 1 unspecified atom stereocenters. The lowest BCUT2D eigenvalue weighted by Gasteiger charge is -2.11. The van der Waals surface area contributed by atoms with Gasteiger partial charge >= 0.3 is 6.18 Å². The van der Waals surface area contributed by atoms with E-state index in [1.807, 2.05) is 0 Å². The van der Waals surface area contributed by atoms with Crippen molar-refractivity contribution in [3.63, 3.8) is 0 Å². The number of halogens is 3. The molecule has 0 heterocycles. The summed E-state index contributed by atoms with van der Waals surface area (Å²) in [5.41, 5.74) is -0.412. The lowest BCUT2D eigenvalue weighted by atomic mass is 10.0. The maximum Gasteiger partial charge on any atom is 0.416 e. The summed E-state index contributed by atoms with van der Waals surface area (Å²) in [6.07, 6.45) is -4.05. The van der Waals surface area contributed by atoms with Crippen molar-refractivity contribution in [1.82, 2.24) is 0 Å². The molecule has 0 spiro atoms. The van der Waals surface area contributed by atoms with Crippen LogP contribution in [0.15, 0.2) is 24.3 Å². The van der Waals surface area contributed by atoms with Crippen LogP contribution in [0.5, 0.6) is 0 Å². The molecule has 2 N–H and O–H groups in total. The number of alkyl halides is 3. The second-order valence-electron chi connectivity index (χ2n) is 3.78. The Morgan fingerprint density at radius 2 is 1.79 bits per heavy atom. The SMILES string of the molecule is CCC(O)c1cccc(C(F)(F)F)c1.CS(=O)(=O)O. The van der Waals surface area contributed by atoms with E-state index >= 15 is 0 Å². The van der Waals surface area contributed by atoms with Crippen molar-refractivity contribution in [2.24, 2.45) is 0 Å². The topological polar surface area (TPSA) is 74.6 Å². The summed E-state index contributed by atoms with van der Waals surface area (Å²) < 4.78 is 62.6. The van der Waals surface area contributed by atoms with Crippen molar-refractivity contribution < 1.29 is 31.2 Å². The van der Waals surface area contributed by atoms with Crippen LogP contribution >= 0.6 is 0 Å². The minimum absolute atomic E-state index is 0.308. The first-order chi connectivity index (χ1) is 8.45. The maximum absolute atomic E-state index is 12.3. The Morgan fingerprint density at radius 1 is 1.32 bits per heavy atom. The second kappa shape index (κ2) is 6.88. The molecule has 0 fully saturated rings. The Balaban J connectivity index is 0.000000555. The minimum Gasteiger partial charge on any atom is -0.388 e. The van der Waals surface area contributed by atoms with Gasteiger partial charge < -0.3 is 5.11 Å². The van der Waals surface area contributed by atoms with Crippen LogP contribution in [0.1, 0.15) is 30.6 Å². The third-order valence-corrected chi connectivity index (χ3v) is 1.99. The molecule has 8 heteroatoms. The maximum atomic E-state index is 12.3. The smallest absolute Gasteiger partial charge is 0.388 e. The van der Waals surface area contributed by atoms with Gasteiger partial charge in [0.2, 0.25) is 0 Å². The van der Waals surface area contributed by atoms with Crippen LogP contribution in [0.3, 0.4) is 0 Å². The van der Waals surface area contributed by atoms with Crippen molar-refractivity contribution in [2.75, 3.05) is 6.26 Å². The molecule has 4 nitrogen and oxygen atoms in total. The quantitative estimate of drug-likeness (QED) is 0.823. The summed E-state index contributed by atoms with van der Waals surface area (Å²) in [4.78, 5) is 0. The average molecular weight is 300 g/mol. The van der Waals surface area contributed by atoms with Crippen molar-refractivity contribution in [3.05, 3.63) is 35.4 Å². The highest BCUT2D eigenvalue weighted by Gasteiger charge is 2.30. The molecule has 0 radical (unpaired) electrons. The van der Waals surface area contributed by atoms with Gasteiger partial charge in [0, 0.05) is 0 Å². The van der Waals surface area contributed by atoms with E-state index in [0.29, 0.717) is 18.2 Å². The van der Waals surface area contributed by atoms with Gasteiger partial charge in [-0.2, -0.15) is 21.6 Å². The van der Waals surface area contributed by atoms with Gasteiger partial charge in [0.25, 0.3) is 10.1 Å². The highest BCUT2D eigenvalue weighted by Crippen LogP contribution is 2.31. The van der Waals surface area contributed by atoms with Crippen molar-refractivity contribution in [2.45, 2.75) is 25.6 Å². The molecule has 1 aromatic carbocycles. The number of hydrogen-bond donors (Lipinski definition) is 2. The standard InChI is InChI=1S/C10H11F3O.CH4O3S/c1-2-9(14)7-4-3-5-8(6-7)10(11,12)13;1-5(2,3)4/h3-6,9,14H,2H2,1H3;1H3,(H,2,3,4). The summed E-state index contributed by atoms with van der Waals surface area (Å²) in [5.74, 6) is 0. The molecule has 0 saturated heterocycles. The van der Waals surface area contributed by atoms with Crippen LogP contribution in [0.2, 0.25) is 0 Å². The fourth-order valence-electron chi connectivity index (χ4n) is 1.16. The summed E-state index contributed by atoms with van der Waals surface area (Å²) in [6, 6.07) is 4.76. The highest BCUT2D eigenvalue weighted by molar-refractivity contribution is 7.85. The first-order valence-electron chi connectivity index (χ1n) is 5.22. The summed E-state index contributed by atoms with van der Waals surface area (Å²) >= 11 is 0. The first-order valence-corrected chi connectivity index (χ1v) is 7.07. The Labute approximate surface area is 109 Å². The van der Waals surface area contributed by atoms with Crippen LogP contribution in [-0.2, 0) is 16.3 Å². The Morgan fingerprint density at radius 3 is 2.16 bits per heavy atom. The van der Waals surface area contributed by atoms with Crippen LogP contribution < -0.4 is 0 Å². The largest absolute Gasteiger partial charge is 0.416 e. The Kier molecular flexibility index (Phi) is 6.47. The highest BCUT2D eigenvalue weighted by atomic mass is 32.2. The Hall–Kier alpha value is -1.12. The van der Waals surface area contributed by atoms with Gasteiger partial charge in [-0.05, 0) is 24.1 Å². The van der Waals surface area contributed by atoms with E-state index in [4.69, 9.17) is 4.55 Å².